The number of hydrogen-bond donors (Lipinski definition) is 1. The molecule has 0 saturated carbocycles. The number of hydrogen-bond acceptors (Lipinski definition) is 3. The van der Waals surface area contributed by atoms with Crippen LogP contribution in [0.2, 0.25) is 0 Å². The van der Waals surface area contributed by atoms with Gasteiger partial charge in [-0.1, -0.05) is 26.0 Å². The van der Waals surface area contributed by atoms with Crippen LogP contribution in [0.4, 0.5) is 5.69 Å². The van der Waals surface area contributed by atoms with E-state index < -0.39 is 6.10 Å². The van der Waals surface area contributed by atoms with E-state index in [0.717, 1.165) is 31.6 Å². The Morgan fingerprint density at radius 1 is 1.16 bits per heavy atom. The normalized spacial score (nSPS) is 12.7. The maximum atomic E-state index is 9.56. The molecule has 19 heavy (non-hydrogen) atoms. The first kappa shape index (κ1) is 16.0. The van der Waals surface area contributed by atoms with E-state index in [2.05, 4.69) is 30.9 Å². The Labute approximate surface area is 117 Å². The molecule has 1 aromatic rings. The Hall–Kier alpha value is -1.06. The molecule has 1 atom stereocenters. The highest BCUT2D eigenvalue weighted by Gasteiger charge is 2.15. The molecule has 0 bridgehead atoms. The van der Waals surface area contributed by atoms with Gasteiger partial charge in [-0.3, -0.25) is 0 Å². The number of anilines is 1. The molecule has 0 spiro atoms. The van der Waals surface area contributed by atoms with E-state index in [-0.39, 0.29) is 0 Å². The third-order valence-electron chi connectivity index (χ3n) is 3.63. The average molecular weight is 265 g/mol. The molecular weight excluding hydrogens is 238 g/mol. The summed E-state index contributed by atoms with van der Waals surface area (Å²) < 4.78 is 5.21. The molecule has 3 nitrogen and oxygen atoms in total. The van der Waals surface area contributed by atoms with Crippen molar-refractivity contribution in [1.29, 1.82) is 0 Å². The standard InChI is InChI=1S/C16H27NO2/c1-5-15(6-2)17(11-12-19-4)16-9-7-14(8-10-16)13(3)18/h7-10,13,15,18H,5-6,11-12H2,1-4H3/t13-/m0/s1. The minimum atomic E-state index is -0.408. The third-order valence-corrected chi connectivity index (χ3v) is 3.63. The second-order valence-electron chi connectivity index (χ2n) is 4.92. The number of benzene rings is 1. The third kappa shape index (κ3) is 4.51. The Bertz CT molecular complexity index is 344. The van der Waals surface area contributed by atoms with Gasteiger partial charge in [0.1, 0.15) is 0 Å². The van der Waals surface area contributed by atoms with E-state index in [1.165, 1.54) is 5.69 Å². The summed E-state index contributed by atoms with van der Waals surface area (Å²) in [5.41, 5.74) is 2.16. The quantitative estimate of drug-likeness (QED) is 0.782. The topological polar surface area (TPSA) is 32.7 Å². The molecule has 1 aromatic carbocycles. The molecule has 1 N–H and O–H groups in total. The van der Waals surface area contributed by atoms with E-state index in [9.17, 15) is 5.11 Å². The predicted octanol–water partition coefficient (Wildman–Crippen LogP) is 3.38. The van der Waals surface area contributed by atoms with E-state index in [1.54, 1.807) is 14.0 Å². The number of aliphatic hydroxyl groups excluding tert-OH is 1. The lowest BCUT2D eigenvalue weighted by Gasteiger charge is -2.32. The Kier molecular flexibility index (Phi) is 6.89. The molecular formula is C16H27NO2. The van der Waals surface area contributed by atoms with Crippen LogP contribution < -0.4 is 4.90 Å². The van der Waals surface area contributed by atoms with Gasteiger partial charge in [0.2, 0.25) is 0 Å². The van der Waals surface area contributed by atoms with E-state index in [1.807, 2.05) is 12.1 Å². The van der Waals surface area contributed by atoms with Gasteiger partial charge in [0.05, 0.1) is 12.7 Å². The molecule has 0 aliphatic rings. The van der Waals surface area contributed by atoms with Crippen molar-refractivity contribution >= 4 is 5.69 Å². The van der Waals surface area contributed by atoms with Crippen LogP contribution in [-0.2, 0) is 4.74 Å². The lowest BCUT2D eigenvalue weighted by molar-refractivity contribution is 0.199. The van der Waals surface area contributed by atoms with Crippen LogP contribution in [0.25, 0.3) is 0 Å². The van der Waals surface area contributed by atoms with Gasteiger partial charge in [-0.25, -0.2) is 0 Å². The Morgan fingerprint density at radius 2 is 1.74 bits per heavy atom. The van der Waals surface area contributed by atoms with Crippen molar-refractivity contribution in [3.8, 4) is 0 Å². The minimum Gasteiger partial charge on any atom is -0.389 e. The highest BCUT2D eigenvalue weighted by atomic mass is 16.5. The summed E-state index contributed by atoms with van der Waals surface area (Å²) in [7, 11) is 1.74. The molecule has 108 valence electrons. The molecule has 0 radical (unpaired) electrons. The zero-order valence-corrected chi connectivity index (χ0v) is 12.6. The molecule has 0 heterocycles. The fourth-order valence-corrected chi connectivity index (χ4v) is 2.39. The summed E-state index contributed by atoms with van der Waals surface area (Å²) in [6.45, 7) is 7.86. The average Bonchev–Trinajstić information content (AvgIpc) is 2.43. The summed E-state index contributed by atoms with van der Waals surface area (Å²) in [6.07, 6.45) is 1.84. The zero-order valence-electron chi connectivity index (χ0n) is 12.6. The summed E-state index contributed by atoms with van der Waals surface area (Å²) in [4.78, 5) is 2.40. The second kappa shape index (κ2) is 8.18. The Balaban J connectivity index is 2.89. The predicted molar refractivity (Wildman–Crippen MR) is 80.7 cm³/mol. The van der Waals surface area contributed by atoms with Crippen LogP contribution in [0.5, 0.6) is 0 Å². The number of methoxy groups -OCH3 is 1. The lowest BCUT2D eigenvalue weighted by Crippen LogP contribution is -2.37. The van der Waals surface area contributed by atoms with Crippen molar-refractivity contribution in [2.75, 3.05) is 25.2 Å². The second-order valence-corrected chi connectivity index (χ2v) is 4.92. The number of ether oxygens (including phenoxy) is 1. The maximum Gasteiger partial charge on any atom is 0.0761 e. The molecule has 0 fully saturated rings. The minimum absolute atomic E-state index is 0.408. The Morgan fingerprint density at radius 3 is 2.16 bits per heavy atom. The van der Waals surface area contributed by atoms with Gasteiger partial charge in [0.25, 0.3) is 0 Å². The SMILES string of the molecule is CCC(CC)N(CCOC)c1ccc([C@H](C)O)cc1. The van der Waals surface area contributed by atoms with Crippen molar-refractivity contribution in [3.63, 3.8) is 0 Å². The lowest BCUT2D eigenvalue weighted by atomic mass is 10.1. The van der Waals surface area contributed by atoms with Crippen LogP contribution in [0, 0.1) is 0 Å². The summed E-state index contributed by atoms with van der Waals surface area (Å²) in [5, 5.41) is 9.56. The van der Waals surface area contributed by atoms with Gasteiger partial charge >= 0.3 is 0 Å². The van der Waals surface area contributed by atoms with Crippen LogP contribution in [0.3, 0.4) is 0 Å². The van der Waals surface area contributed by atoms with E-state index in [0.29, 0.717) is 6.04 Å². The van der Waals surface area contributed by atoms with E-state index in [4.69, 9.17) is 4.74 Å². The maximum absolute atomic E-state index is 9.56. The van der Waals surface area contributed by atoms with Crippen molar-refractivity contribution in [2.24, 2.45) is 0 Å². The first-order valence-corrected chi connectivity index (χ1v) is 7.17. The van der Waals surface area contributed by atoms with Crippen LogP contribution in [-0.4, -0.2) is 31.4 Å². The van der Waals surface area contributed by atoms with Gasteiger partial charge in [-0.05, 0) is 37.5 Å². The fourth-order valence-electron chi connectivity index (χ4n) is 2.39. The van der Waals surface area contributed by atoms with Crippen molar-refractivity contribution in [3.05, 3.63) is 29.8 Å². The summed E-state index contributed by atoms with van der Waals surface area (Å²) >= 11 is 0. The first-order chi connectivity index (χ1) is 9.13. The smallest absolute Gasteiger partial charge is 0.0761 e. The fraction of sp³-hybridized carbons (Fsp3) is 0.625. The van der Waals surface area contributed by atoms with Gasteiger partial charge in [-0.2, -0.15) is 0 Å². The van der Waals surface area contributed by atoms with Gasteiger partial charge in [-0.15, -0.1) is 0 Å². The van der Waals surface area contributed by atoms with Gasteiger partial charge < -0.3 is 14.7 Å². The molecule has 0 aliphatic heterocycles. The molecule has 0 saturated heterocycles. The summed E-state index contributed by atoms with van der Waals surface area (Å²) in [6, 6.07) is 8.73. The van der Waals surface area contributed by atoms with E-state index >= 15 is 0 Å². The molecule has 0 unspecified atom stereocenters. The summed E-state index contributed by atoms with van der Waals surface area (Å²) in [5.74, 6) is 0. The zero-order chi connectivity index (χ0) is 14.3. The highest BCUT2D eigenvalue weighted by molar-refractivity contribution is 5.49. The highest BCUT2D eigenvalue weighted by Crippen LogP contribution is 2.23. The van der Waals surface area contributed by atoms with Crippen molar-refractivity contribution < 1.29 is 9.84 Å². The monoisotopic (exact) mass is 265 g/mol. The number of aliphatic hydroxyl groups is 1. The molecule has 3 heteroatoms. The molecule has 0 aromatic heterocycles. The van der Waals surface area contributed by atoms with Crippen LogP contribution >= 0.6 is 0 Å². The van der Waals surface area contributed by atoms with Crippen LogP contribution in [0.1, 0.15) is 45.3 Å². The van der Waals surface area contributed by atoms with Gasteiger partial charge in [0.15, 0.2) is 0 Å². The van der Waals surface area contributed by atoms with Crippen molar-refractivity contribution in [2.45, 2.75) is 45.8 Å². The number of nitrogens with zero attached hydrogens (tertiary/aromatic N) is 1. The molecule has 0 amide bonds. The number of rotatable bonds is 8. The van der Waals surface area contributed by atoms with Crippen molar-refractivity contribution in [1.82, 2.24) is 0 Å². The molecule has 1 rings (SSSR count). The van der Waals surface area contributed by atoms with Crippen LogP contribution in [0.15, 0.2) is 24.3 Å². The molecule has 0 aliphatic carbocycles. The largest absolute Gasteiger partial charge is 0.389 e. The first-order valence-electron chi connectivity index (χ1n) is 7.17. The van der Waals surface area contributed by atoms with Gasteiger partial charge in [0, 0.05) is 25.4 Å².